The van der Waals surface area contributed by atoms with E-state index in [0.717, 1.165) is 4.88 Å². The van der Waals surface area contributed by atoms with Crippen molar-refractivity contribution >= 4 is 22.4 Å². The first kappa shape index (κ1) is 11.4. The van der Waals surface area contributed by atoms with Crippen LogP contribution in [0.1, 0.15) is 15.4 Å². The second-order valence-corrected chi connectivity index (χ2v) is 4.00. The topological polar surface area (TPSA) is 81.1 Å². The van der Waals surface area contributed by atoms with Crippen molar-refractivity contribution in [3.05, 3.63) is 35.2 Å². The van der Waals surface area contributed by atoms with E-state index < -0.39 is 0 Å². The third kappa shape index (κ3) is 2.93. The minimum absolute atomic E-state index is 0.245. The van der Waals surface area contributed by atoms with Crippen molar-refractivity contribution in [1.82, 2.24) is 4.98 Å². The van der Waals surface area contributed by atoms with Gasteiger partial charge in [-0.2, -0.15) is 0 Å². The van der Waals surface area contributed by atoms with Crippen LogP contribution in [0.15, 0.2) is 29.0 Å². The highest BCUT2D eigenvalue weighted by Gasteiger charge is 2.10. The Bertz CT molecular complexity index is 563. The van der Waals surface area contributed by atoms with E-state index in [2.05, 4.69) is 22.1 Å². The maximum atomic E-state index is 11.6. The number of hydrogen-bond acceptors (Lipinski definition) is 5. The van der Waals surface area contributed by atoms with Crippen LogP contribution in [-0.2, 0) is 0 Å². The number of furan rings is 1. The number of anilines is 1. The molecule has 0 saturated carbocycles. The van der Waals surface area contributed by atoms with E-state index in [1.54, 1.807) is 18.3 Å². The molecule has 0 atom stereocenters. The molecule has 2 aromatic rings. The number of carbonyl (C=O) groups excluding carboxylic acids is 1. The number of rotatable bonds is 2. The molecular weight excluding hydrogens is 238 g/mol. The number of thiazole rings is 1. The van der Waals surface area contributed by atoms with Crippen LogP contribution in [0.25, 0.3) is 0 Å². The van der Waals surface area contributed by atoms with Crippen molar-refractivity contribution in [1.29, 1.82) is 0 Å². The summed E-state index contributed by atoms with van der Waals surface area (Å²) < 4.78 is 4.96. The molecule has 17 heavy (non-hydrogen) atoms. The van der Waals surface area contributed by atoms with Gasteiger partial charge in [0, 0.05) is 0 Å². The monoisotopic (exact) mass is 247 g/mol. The third-order valence-electron chi connectivity index (χ3n) is 1.78. The van der Waals surface area contributed by atoms with E-state index in [1.807, 2.05) is 0 Å². The first-order chi connectivity index (χ1) is 8.29. The number of nitrogens with one attached hydrogen (secondary N) is 1. The van der Waals surface area contributed by atoms with Crippen LogP contribution >= 0.6 is 11.3 Å². The van der Waals surface area contributed by atoms with Gasteiger partial charge in [0.1, 0.15) is 0 Å². The Labute approximate surface area is 102 Å². The second-order valence-electron chi connectivity index (χ2n) is 2.97. The van der Waals surface area contributed by atoms with E-state index in [-0.39, 0.29) is 11.7 Å². The maximum absolute atomic E-state index is 11.6. The fraction of sp³-hybridized carbons (Fsp3) is 0.0909. The quantitative estimate of drug-likeness (QED) is 0.784. The number of hydrogen-bond donors (Lipinski definition) is 2. The fourth-order valence-electron chi connectivity index (χ4n) is 1.09. The molecule has 1 amide bonds. The summed E-state index contributed by atoms with van der Waals surface area (Å²) in [5.41, 5.74) is 5.26. The normalized spacial score (nSPS) is 9.47. The van der Waals surface area contributed by atoms with Gasteiger partial charge in [0.15, 0.2) is 10.9 Å². The van der Waals surface area contributed by atoms with Gasteiger partial charge in [-0.05, 0) is 12.1 Å². The zero-order valence-electron chi connectivity index (χ0n) is 8.77. The van der Waals surface area contributed by atoms with Gasteiger partial charge in [-0.1, -0.05) is 23.2 Å². The molecule has 2 rings (SSSR count). The first-order valence-electron chi connectivity index (χ1n) is 4.79. The molecule has 0 aliphatic heterocycles. The van der Waals surface area contributed by atoms with Gasteiger partial charge in [-0.25, -0.2) is 4.98 Å². The molecule has 0 aromatic carbocycles. The van der Waals surface area contributed by atoms with Crippen LogP contribution in [0.2, 0.25) is 0 Å². The molecule has 0 unspecified atom stereocenters. The molecule has 5 nitrogen and oxygen atoms in total. The van der Waals surface area contributed by atoms with Crippen molar-refractivity contribution < 1.29 is 9.21 Å². The van der Waals surface area contributed by atoms with E-state index >= 15 is 0 Å². The van der Waals surface area contributed by atoms with Crippen LogP contribution in [0.4, 0.5) is 5.13 Å². The largest absolute Gasteiger partial charge is 0.459 e. The Morgan fingerprint density at radius 1 is 1.65 bits per heavy atom. The molecule has 2 heterocycles. The van der Waals surface area contributed by atoms with Gasteiger partial charge in [0.2, 0.25) is 0 Å². The van der Waals surface area contributed by atoms with Crippen LogP contribution in [0.3, 0.4) is 0 Å². The molecular formula is C11H9N3O2S. The van der Waals surface area contributed by atoms with E-state index in [1.165, 1.54) is 17.6 Å². The molecule has 0 fully saturated rings. The van der Waals surface area contributed by atoms with Crippen LogP contribution in [0.5, 0.6) is 0 Å². The molecule has 86 valence electrons. The zero-order chi connectivity index (χ0) is 12.1. The summed E-state index contributed by atoms with van der Waals surface area (Å²) >= 11 is 1.28. The van der Waals surface area contributed by atoms with Gasteiger partial charge < -0.3 is 10.2 Å². The average Bonchev–Trinajstić information content (AvgIpc) is 2.97. The summed E-state index contributed by atoms with van der Waals surface area (Å²) in [5.74, 6) is 5.47. The number of nitrogens with two attached hydrogens (primary N) is 1. The zero-order valence-corrected chi connectivity index (χ0v) is 9.58. The van der Waals surface area contributed by atoms with Gasteiger partial charge in [-0.15, -0.1) is 0 Å². The summed E-state index contributed by atoms with van der Waals surface area (Å²) in [5, 5.41) is 3.10. The molecule has 3 N–H and O–H groups in total. The van der Waals surface area contributed by atoms with Crippen LogP contribution < -0.4 is 11.1 Å². The summed E-state index contributed by atoms with van der Waals surface area (Å²) in [6, 6.07) is 3.23. The lowest BCUT2D eigenvalue weighted by molar-refractivity contribution is 0.0996. The number of aromatic nitrogens is 1. The SMILES string of the molecule is NCC#Cc1cnc(NC(=O)c2ccco2)s1. The number of nitrogens with zero attached hydrogens (tertiary/aromatic N) is 1. The Morgan fingerprint density at radius 2 is 2.53 bits per heavy atom. The lowest BCUT2D eigenvalue weighted by atomic mass is 10.4. The summed E-state index contributed by atoms with van der Waals surface area (Å²) in [6.07, 6.45) is 3.03. The lowest BCUT2D eigenvalue weighted by Crippen LogP contribution is -2.10. The van der Waals surface area contributed by atoms with Crippen molar-refractivity contribution in [2.24, 2.45) is 5.73 Å². The molecule has 0 saturated heterocycles. The fourth-order valence-corrected chi connectivity index (χ4v) is 1.78. The molecule has 6 heteroatoms. The summed E-state index contributed by atoms with van der Waals surface area (Å²) in [6.45, 7) is 0.298. The molecule has 2 aromatic heterocycles. The highest BCUT2D eigenvalue weighted by Crippen LogP contribution is 2.17. The van der Waals surface area contributed by atoms with Crippen molar-refractivity contribution in [3.8, 4) is 11.8 Å². The van der Waals surface area contributed by atoms with Crippen molar-refractivity contribution in [2.45, 2.75) is 0 Å². The van der Waals surface area contributed by atoms with Gasteiger partial charge in [0.05, 0.1) is 23.9 Å². The van der Waals surface area contributed by atoms with Crippen LogP contribution in [-0.4, -0.2) is 17.4 Å². The Kier molecular flexibility index (Phi) is 3.55. The van der Waals surface area contributed by atoms with Crippen molar-refractivity contribution in [3.63, 3.8) is 0 Å². The highest BCUT2D eigenvalue weighted by molar-refractivity contribution is 7.16. The number of amides is 1. The molecule has 0 radical (unpaired) electrons. The average molecular weight is 247 g/mol. The minimum atomic E-state index is -0.331. The first-order valence-corrected chi connectivity index (χ1v) is 5.61. The molecule has 0 spiro atoms. The standard InChI is InChI=1S/C11H9N3O2S/c12-5-1-3-8-7-13-11(17-8)14-10(15)9-4-2-6-16-9/h2,4,6-7H,5,12H2,(H,13,14,15). The van der Waals surface area contributed by atoms with E-state index in [0.29, 0.717) is 11.7 Å². The Morgan fingerprint density at radius 3 is 3.24 bits per heavy atom. The summed E-state index contributed by atoms with van der Waals surface area (Å²) in [4.78, 5) is 16.4. The predicted molar refractivity (Wildman–Crippen MR) is 64.7 cm³/mol. The maximum Gasteiger partial charge on any atom is 0.293 e. The molecule has 0 aliphatic rings. The lowest BCUT2D eigenvalue weighted by Gasteiger charge is -1.96. The Hall–Kier alpha value is -2.10. The van der Waals surface area contributed by atoms with E-state index in [4.69, 9.17) is 10.2 Å². The number of carbonyl (C=O) groups is 1. The smallest absolute Gasteiger partial charge is 0.293 e. The molecule has 0 bridgehead atoms. The van der Waals surface area contributed by atoms with E-state index in [9.17, 15) is 4.79 Å². The second kappa shape index (κ2) is 5.30. The van der Waals surface area contributed by atoms with Gasteiger partial charge in [-0.3, -0.25) is 10.1 Å². The molecule has 0 aliphatic carbocycles. The minimum Gasteiger partial charge on any atom is -0.459 e. The highest BCUT2D eigenvalue weighted by atomic mass is 32.1. The third-order valence-corrected chi connectivity index (χ3v) is 2.61. The predicted octanol–water partition coefficient (Wildman–Crippen LogP) is 1.30. The van der Waals surface area contributed by atoms with Crippen LogP contribution in [0, 0.1) is 11.8 Å². The Balaban J connectivity index is 2.04. The van der Waals surface area contributed by atoms with Crippen molar-refractivity contribution in [2.75, 3.05) is 11.9 Å². The van der Waals surface area contributed by atoms with Gasteiger partial charge in [0.25, 0.3) is 5.91 Å². The summed E-state index contributed by atoms with van der Waals surface area (Å²) in [7, 11) is 0. The van der Waals surface area contributed by atoms with Gasteiger partial charge >= 0.3 is 0 Å².